The van der Waals surface area contributed by atoms with Crippen LogP contribution in [0.4, 0.5) is 0 Å². The normalized spacial score (nSPS) is 14.6. The number of furan rings is 2. The average Bonchev–Trinajstić information content (AvgIpc) is 3.92. The number of hydrogen-bond acceptors (Lipinski definition) is 5. The maximum absolute atomic E-state index is 6.48. The number of aromatic nitrogens is 3. The van der Waals surface area contributed by atoms with Crippen molar-refractivity contribution in [3.8, 4) is 56.4 Å². The van der Waals surface area contributed by atoms with Crippen LogP contribution in [0.2, 0.25) is 0 Å². The monoisotopic (exact) mass is 721 g/mol. The lowest BCUT2D eigenvalue weighted by Gasteiger charge is -2.36. The zero-order chi connectivity index (χ0) is 36.8. The summed E-state index contributed by atoms with van der Waals surface area (Å²) in [6.07, 6.45) is 6.38. The Bertz CT molecular complexity index is 3050. The highest BCUT2D eigenvalue weighted by atomic mass is 16.3. The van der Waals surface area contributed by atoms with E-state index in [9.17, 15) is 0 Å². The van der Waals surface area contributed by atoms with Gasteiger partial charge in [0.05, 0.1) is 11.1 Å². The molecule has 1 spiro atoms. The molecule has 2 aliphatic rings. The van der Waals surface area contributed by atoms with Crippen molar-refractivity contribution in [2.24, 2.45) is 0 Å². The van der Waals surface area contributed by atoms with Crippen molar-refractivity contribution in [3.63, 3.8) is 0 Å². The van der Waals surface area contributed by atoms with Crippen molar-refractivity contribution in [1.82, 2.24) is 15.0 Å². The Kier molecular flexibility index (Phi) is 6.79. The first-order chi connectivity index (χ1) is 27.7. The molecule has 0 saturated heterocycles. The number of fused-ring (bicyclic) bond motifs is 11. The van der Waals surface area contributed by atoms with Gasteiger partial charge in [0, 0.05) is 32.5 Å². The Morgan fingerprint density at radius 3 is 1.54 bits per heavy atom. The van der Waals surface area contributed by atoms with Crippen LogP contribution in [-0.2, 0) is 5.41 Å². The zero-order valence-electron chi connectivity index (χ0n) is 30.6. The first kappa shape index (κ1) is 31.5. The standard InChI is InChI=1S/C51H35N3O2/c1-8-28-51(29-9-1)42-19-5-2-12-34(42)41-30-33(26-27-43(41)51)31-22-24-32(25-23-31)48-52-49(39-17-10-15-37-35-13-3-6-20-44(35)55-46(37)39)54-50(53-48)40-18-11-16-38-36-14-4-7-21-45(36)56-47(38)40/h2-7,10-27,30H,1,8-9,28-29H2. The molecule has 0 amide bonds. The predicted octanol–water partition coefficient (Wildman–Crippen LogP) is 13.6. The number of nitrogens with zero attached hydrogens (tertiary/aromatic N) is 3. The van der Waals surface area contributed by atoms with E-state index in [1.807, 2.05) is 60.7 Å². The molecule has 1 fully saturated rings. The fraction of sp³-hybridized carbons (Fsp3) is 0.118. The van der Waals surface area contributed by atoms with E-state index in [-0.39, 0.29) is 5.41 Å². The summed E-state index contributed by atoms with van der Waals surface area (Å²) in [5, 5.41) is 4.17. The third-order valence-electron chi connectivity index (χ3n) is 12.4. The lowest BCUT2D eigenvalue weighted by Crippen LogP contribution is -2.27. The number of para-hydroxylation sites is 4. The fourth-order valence-electron chi connectivity index (χ4n) is 9.74. The maximum atomic E-state index is 6.48. The molecule has 10 aromatic rings. The molecule has 0 radical (unpaired) electrons. The minimum Gasteiger partial charge on any atom is -0.455 e. The highest BCUT2D eigenvalue weighted by molar-refractivity contribution is 6.10. The van der Waals surface area contributed by atoms with E-state index in [0.717, 1.165) is 66.1 Å². The zero-order valence-corrected chi connectivity index (χ0v) is 30.6. The molecule has 0 aliphatic heterocycles. The van der Waals surface area contributed by atoms with Gasteiger partial charge < -0.3 is 8.83 Å². The van der Waals surface area contributed by atoms with Crippen LogP contribution in [-0.4, -0.2) is 15.0 Å². The summed E-state index contributed by atoms with van der Waals surface area (Å²) in [7, 11) is 0. The summed E-state index contributed by atoms with van der Waals surface area (Å²) in [5.74, 6) is 1.67. The van der Waals surface area contributed by atoms with Crippen LogP contribution < -0.4 is 0 Å². The molecule has 0 bridgehead atoms. The lowest BCUT2D eigenvalue weighted by molar-refractivity contribution is 0.353. The van der Waals surface area contributed by atoms with E-state index in [0.29, 0.717) is 17.5 Å². The van der Waals surface area contributed by atoms with Crippen LogP contribution in [0.3, 0.4) is 0 Å². The van der Waals surface area contributed by atoms with Crippen LogP contribution >= 0.6 is 0 Å². The van der Waals surface area contributed by atoms with Gasteiger partial charge in [-0.25, -0.2) is 15.0 Å². The van der Waals surface area contributed by atoms with E-state index in [4.69, 9.17) is 23.8 Å². The van der Waals surface area contributed by atoms with Gasteiger partial charge in [-0.1, -0.05) is 141 Å². The molecule has 5 nitrogen and oxygen atoms in total. The Labute approximate surface area is 323 Å². The lowest BCUT2D eigenvalue weighted by atomic mass is 9.68. The minimum absolute atomic E-state index is 0.153. The number of rotatable bonds is 4. The molecular formula is C51H35N3O2. The highest BCUT2D eigenvalue weighted by Gasteiger charge is 2.43. The second-order valence-electron chi connectivity index (χ2n) is 15.4. The van der Waals surface area contributed by atoms with E-state index < -0.39 is 0 Å². The summed E-state index contributed by atoms with van der Waals surface area (Å²) in [4.78, 5) is 15.5. The van der Waals surface area contributed by atoms with Crippen molar-refractivity contribution >= 4 is 43.9 Å². The van der Waals surface area contributed by atoms with Crippen molar-refractivity contribution in [1.29, 1.82) is 0 Å². The molecule has 0 atom stereocenters. The predicted molar refractivity (Wildman–Crippen MR) is 225 cm³/mol. The first-order valence-corrected chi connectivity index (χ1v) is 19.6. The molecule has 7 aromatic carbocycles. The molecule has 3 heterocycles. The van der Waals surface area contributed by atoms with E-state index >= 15 is 0 Å². The SMILES string of the molecule is c1ccc2c(c1)-c1cc(-c3ccc(-c4nc(-c5cccc6c5oc5ccccc56)nc(-c5cccc6c5oc5ccccc56)n4)cc3)ccc1C21CCCCC1. The van der Waals surface area contributed by atoms with Crippen LogP contribution in [0.15, 0.2) is 160 Å². The van der Waals surface area contributed by atoms with Crippen LogP contribution in [0.1, 0.15) is 43.2 Å². The van der Waals surface area contributed by atoms with Gasteiger partial charge in [0.15, 0.2) is 17.5 Å². The summed E-state index contributed by atoms with van der Waals surface area (Å²) < 4.78 is 13.0. The fourth-order valence-corrected chi connectivity index (χ4v) is 9.74. The van der Waals surface area contributed by atoms with Gasteiger partial charge in [0.2, 0.25) is 0 Å². The Morgan fingerprint density at radius 1 is 0.375 bits per heavy atom. The topological polar surface area (TPSA) is 65.0 Å². The highest BCUT2D eigenvalue weighted by Crippen LogP contribution is 2.56. The maximum Gasteiger partial charge on any atom is 0.167 e. The third kappa shape index (κ3) is 4.64. The van der Waals surface area contributed by atoms with E-state index in [2.05, 4.69) is 91.0 Å². The minimum atomic E-state index is 0.153. The van der Waals surface area contributed by atoms with Gasteiger partial charge in [-0.2, -0.15) is 0 Å². The molecule has 1 saturated carbocycles. The van der Waals surface area contributed by atoms with Gasteiger partial charge >= 0.3 is 0 Å². The molecule has 12 rings (SSSR count). The second kappa shape index (κ2) is 12.1. The largest absolute Gasteiger partial charge is 0.455 e. The van der Waals surface area contributed by atoms with Gasteiger partial charge in [0.25, 0.3) is 0 Å². The molecule has 3 aromatic heterocycles. The average molecular weight is 722 g/mol. The quantitative estimate of drug-likeness (QED) is 0.181. The molecule has 0 unspecified atom stereocenters. The number of hydrogen-bond donors (Lipinski definition) is 0. The van der Waals surface area contributed by atoms with Crippen molar-refractivity contribution in [2.45, 2.75) is 37.5 Å². The van der Waals surface area contributed by atoms with Crippen LogP contribution in [0.5, 0.6) is 0 Å². The Hall–Kier alpha value is -6.85. The molecule has 0 N–H and O–H groups in total. The molecule has 2 aliphatic carbocycles. The first-order valence-electron chi connectivity index (χ1n) is 19.6. The van der Waals surface area contributed by atoms with Crippen LogP contribution in [0, 0.1) is 0 Å². The van der Waals surface area contributed by atoms with Crippen molar-refractivity contribution < 1.29 is 8.83 Å². The molecule has 56 heavy (non-hydrogen) atoms. The Balaban J connectivity index is 1.00. The summed E-state index contributed by atoms with van der Waals surface area (Å²) in [6, 6.07) is 53.5. The molecular weight excluding hydrogens is 687 g/mol. The summed E-state index contributed by atoms with van der Waals surface area (Å²) in [6.45, 7) is 0. The van der Waals surface area contributed by atoms with E-state index in [1.165, 1.54) is 59.9 Å². The Morgan fingerprint density at radius 2 is 0.875 bits per heavy atom. The van der Waals surface area contributed by atoms with Crippen LogP contribution in [0.25, 0.3) is 100 Å². The van der Waals surface area contributed by atoms with E-state index in [1.54, 1.807) is 0 Å². The van der Waals surface area contributed by atoms with Crippen molar-refractivity contribution in [2.75, 3.05) is 0 Å². The molecule has 5 heteroatoms. The van der Waals surface area contributed by atoms with Gasteiger partial charge in [0.1, 0.15) is 22.3 Å². The van der Waals surface area contributed by atoms with Gasteiger partial charge in [-0.15, -0.1) is 0 Å². The van der Waals surface area contributed by atoms with Gasteiger partial charge in [-0.05, 0) is 76.6 Å². The summed E-state index contributed by atoms with van der Waals surface area (Å²) >= 11 is 0. The third-order valence-corrected chi connectivity index (χ3v) is 12.4. The second-order valence-corrected chi connectivity index (χ2v) is 15.4. The van der Waals surface area contributed by atoms with Gasteiger partial charge in [-0.3, -0.25) is 0 Å². The smallest absolute Gasteiger partial charge is 0.167 e. The molecule has 266 valence electrons. The van der Waals surface area contributed by atoms with Crippen molar-refractivity contribution in [3.05, 3.63) is 163 Å². The number of benzene rings is 7. The summed E-state index contributed by atoms with van der Waals surface area (Å²) in [5.41, 5.74) is 14.0.